The first-order valence-electron chi connectivity index (χ1n) is 6.27. The van der Waals surface area contributed by atoms with Crippen LogP contribution in [0.5, 0.6) is 0 Å². The first kappa shape index (κ1) is 11.8. The molecule has 2 aromatic rings. The van der Waals surface area contributed by atoms with Gasteiger partial charge in [0.15, 0.2) is 0 Å². The van der Waals surface area contributed by atoms with Gasteiger partial charge in [-0.3, -0.25) is 14.7 Å². The van der Waals surface area contributed by atoms with E-state index in [1.54, 1.807) is 11.0 Å². The summed E-state index contributed by atoms with van der Waals surface area (Å²) in [6.07, 6.45) is 0. The van der Waals surface area contributed by atoms with Crippen molar-refractivity contribution < 1.29 is 4.79 Å². The number of aromatic amines is 3. The van der Waals surface area contributed by atoms with Crippen molar-refractivity contribution in [3.05, 3.63) is 45.1 Å². The highest BCUT2D eigenvalue weighted by Crippen LogP contribution is 2.26. The highest BCUT2D eigenvalue weighted by molar-refractivity contribution is 5.94. The van der Waals surface area contributed by atoms with E-state index in [2.05, 4.69) is 15.2 Å². The van der Waals surface area contributed by atoms with Gasteiger partial charge < -0.3 is 15.0 Å². The zero-order chi connectivity index (χ0) is 13.6. The summed E-state index contributed by atoms with van der Waals surface area (Å²) in [4.78, 5) is 28.2. The predicted molar refractivity (Wildman–Crippen MR) is 70.3 cm³/mol. The molecule has 0 aromatic carbocycles. The number of H-pyrrole nitrogens is 3. The van der Waals surface area contributed by atoms with Crippen LogP contribution in [0, 0.1) is 13.8 Å². The van der Waals surface area contributed by atoms with Crippen molar-refractivity contribution in [1.29, 1.82) is 0 Å². The Bertz CT molecular complexity index is 673. The molecule has 0 aliphatic carbocycles. The lowest BCUT2D eigenvalue weighted by molar-refractivity contribution is 0.0592. The van der Waals surface area contributed by atoms with Gasteiger partial charge in [0.25, 0.3) is 11.5 Å². The van der Waals surface area contributed by atoms with Crippen molar-refractivity contribution >= 4 is 5.91 Å². The molecule has 0 radical (unpaired) electrons. The summed E-state index contributed by atoms with van der Waals surface area (Å²) in [5.74, 6) is 0.249. The fraction of sp³-hybridized carbons (Fsp3) is 0.385. The van der Waals surface area contributed by atoms with E-state index < -0.39 is 0 Å². The predicted octanol–water partition coefficient (Wildman–Crippen LogP) is 0.888. The first-order valence-corrected chi connectivity index (χ1v) is 6.27. The molecule has 0 bridgehead atoms. The number of hydrogen-bond donors (Lipinski definition) is 3. The average Bonchev–Trinajstić information content (AvgIpc) is 2.83. The Kier molecular flexibility index (Phi) is 2.58. The van der Waals surface area contributed by atoms with E-state index in [1.165, 1.54) is 0 Å². The van der Waals surface area contributed by atoms with Crippen LogP contribution in [-0.2, 0) is 0 Å². The van der Waals surface area contributed by atoms with Crippen molar-refractivity contribution in [1.82, 2.24) is 20.1 Å². The standard InChI is InChI=1S/C13H16N4O2/c1-7-3-8(2)14-12(7)13(19)17-5-9(6-17)10-4-11(18)16-15-10/h3-4,9,14H,5-6H2,1-2H3,(H2,15,16,18). The number of nitrogens with one attached hydrogen (secondary N) is 3. The molecule has 2 aromatic heterocycles. The summed E-state index contributed by atoms with van der Waals surface area (Å²) in [6, 6.07) is 3.52. The average molecular weight is 260 g/mol. The Morgan fingerprint density at radius 2 is 2.00 bits per heavy atom. The van der Waals surface area contributed by atoms with Crippen LogP contribution in [0.2, 0.25) is 0 Å². The number of carbonyl (C=O) groups excluding carboxylic acids is 1. The van der Waals surface area contributed by atoms with E-state index in [9.17, 15) is 9.59 Å². The van der Waals surface area contributed by atoms with Crippen LogP contribution in [0.3, 0.4) is 0 Å². The molecule has 1 saturated heterocycles. The molecule has 19 heavy (non-hydrogen) atoms. The third kappa shape index (κ3) is 1.99. The number of nitrogens with zero attached hydrogens (tertiary/aromatic N) is 1. The number of rotatable bonds is 2. The van der Waals surface area contributed by atoms with Gasteiger partial charge in [-0.05, 0) is 25.5 Å². The van der Waals surface area contributed by atoms with Gasteiger partial charge in [-0.2, -0.15) is 0 Å². The fourth-order valence-corrected chi connectivity index (χ4v) is 2.52. The Morgan fingerprint density at radius 1 is 1.26 bits per heavy atom. The van der Waals surface area contributed by atoms with Crippen LogP contribution in [-0.4, -0.2) is 39.1 Å². The third-order valence-electron chi connectivity index (χ3n) is 3.59. The van der Waals surface area contributed by atoms with Crippen LogP contribution < -0.4 is 5.56 Å². The maximum Gasteiger partial charge on any atom is 0.270 e. The fourth-order valence-electron chi connectivity index (χ4n) is 2.52. The van der Waals surface area contributed by atoms with E-state index in [0.717, 1.165) is 17.0 Å². The van der Waals surface area contributed by atoms with Crippen LogP contribution in [0.15, 0.2) is 16.9 Å². The number of hydrogen-bond acceptors (Lipinski definition) is 2. The van der Waals surface area contributed by atoms with E-state index in [1.807, 2.05) is 19.9 Å². The van der Waals surface area contributed by atoms with E-state index in [0.29, 0.717) is 18.8 Å². The van der Waals surface area contributed by atoms with Gasteiger partial charge in [0.1, 0.15) is 5.69 Å². The molecular weight excluding hydrogens is 244 g/mol. The monoisotopic (exact) mass is 260 g/mol. The molecule has 6 nitrogen and oxygen atoms in total. The Balaban J connectivity index is 1.69. The van der Waals surface area contributed by atoms with Crippen LogP contribution in [0.25, 0.3) is 0 Å². The summed E-state index contributed by atoms with van der Waals surface area (Å²) in [5.41, 5.74) is 3.37. The van der Waals surface area contributed by atoms with Crippen molar-refractivity contribution in [2.45, 2.75) is 19.8 Å². The molecule has 0 saturated carbocycles. The molecule has 1 amide bonds. The minimum absolute atomic E-state index is 0.0275. The lowest BCUT2D eigenvalue weighted by Gasteiger charge is -2.38. The van der Waals surface area contributed by atoms with Crippen LogP contribution in [0.1, 0.15) is 33.4 Å². The lowest BCUT2D eigenvalue weighted by Crippen LogP contribution is -2.48. The maximum absolute atomic E-state index is 12.3. The number of likely N-dealkylation sites (tertiary alicyclic amines) is 1. The molecule has 100 valence electrons. The van der Waals surface area contributed by atoms with Crippen molar-refractivity contribution in [3.63, 3.8) is 0 Å². The van der Waals surface area contributed by atoms with Gasteiger partial charge in [0.2, 0.25) is 0 Å². The first-order chi connectivity index (χ1) is 9.04. The summed E-state index contributed by atoms with van der Waals surface area (Å²) >= 11 is 0. The molecule has 1 aliphatic heterocycles. The highest BCUT2D eigenvalue weighted by Gasteiger charge is 2.34. The second-order valence-electron chi connectivity index (χ2n) is 5.13. The van der Waals surface area contributed by atoms with Gasteiger partial charge in [-0.15, -0.1) is 0 Å². The Hall–Kier alpha value is -2.24. The molecule has 0 spiro atoms. The van der Waals surface area contributed by atoms with Gasteiger partial charge in [-0.1, -0.05) is 0 Å². The number of aryl methyl sites for hydroxylation is 2. The summed E-state index contributed by atoms with van der Waals surface area (Å²) < 4.78 is 0. The van der Waals surface area contributed by atoms with Crippen molar-refractivity contribution in [3.8, 4) is 0 Å². The molecule has 3 heterocycles. The molecule has 0 unspecified atom stereocenters. The SMILES string of the molecule is Cc1cc(C)c(C(=O)N2CC(c3cc(=O)[nH][nH]3)C2)[nH]1. The zero-order valence-corrected chi connectivity index (χ0v) is 10.9. The van der Waals surface area contributed by atoms with Crippen molar-refractivity contribution in [2.24, 2.45) is 0 Å². The van der Waals surface area contributed by atoms with E-state index in [4.69, 9.17) is 0 Å². The van der Waals surface area contributed by atoms with Gasteiger partial charge in [-0.25, -0.2) is 0 Å². The Morgan fingerprint density at radius 3 is 2.53 bits per heavy atom. The minimum atomic E-state index is -0.129. The summed E-state index contributed by atoms with van der Waals surface area (Å²) in [7, 11) is 0. The Labute approximate surface area is 109 Å². The number of aromatic nitrogens is 3. The van der Waals surface area contributed by atoms with Crippen LogP contribution in [0.4, 0.5) is 0 Å². The summed E-state index contributed by atoms with van der Waals surface area (Å²) in [5, 5.41) is 5.35. The zero-order valence-electron chi connectivity index (χ0n) is 10.9. The lowest BCUT2D eigenvalue weighted by atomic mass is 9.96. The van der Waals surface area contributed by atoms with Gasteiger partial charge in [0, 0.05) is 36.5 Å². The quantitative estimate of drug-likeness (QED) is 0.749. The van der Waals surface area contributed by atoms with E-state index >= 15 is 0 Å². The molecule has 1 aliphatic rings. The molecule has 3 rings (SSSR count). The molecule has 6 heteroatoms. The third-order valence-corrected chi connectivity index (χ3v) is 3.59. The number of carbonyl (C=O) groups is 1. The smallest absolute Gasteiger partial charge is 0.270 e. The van der Waals surface area contributed by atoms with Crippen LogP contribution >= 0.6 is 0 Å². The molecular formula is C13H16N4O2. The molecule has 0 atom stereocenters. The van der Waals surface area contributed by atoms with Crippen molar-refractivity contribution in [2.75, 3.05) is 13.1 Å². The largest absolute Gasteiger partial charge is 0.354 e. The molecule has 1 fully saturated rings. The molecule has 3 N–H and O–H groups in total. The number of amides is 1. The normalized spacial score (nSPS) is 15.6. The van der Waals surface area contributed by atoms with Gasteiger partial charge >= 0.3 is 0 Å². The van der Waals surface area contributed by atoms with E-state index in [-0.39, 0.29) is 17.4 Å². The second kappa shape index (κ2) is 4.15. The summed E-state index contributed by atoms with van der Waals surface area (Å²) in [6.45, 7) is 5.15. The second-order valence-corrected chi connectivity index (χ2v) is 5.13. The topological polar surface area (TPSA) is 84.8 Å². The highest BCUT2D eigenvalue weighted by atomic mass is 16.2. The maximum atomic E-state index is 12.3. The minimum Gasteiger partial charge on any atom is -0.354 e. The van der Waals surface area contributed by atoms with Gasteiger partial charge in [0.05, 0.1) is 0 Å².